The number of hydrogen-bond acceptors (Lipinski definition) is 2. The number of amides is 1. The van der Waals surface area contributed by atoms with Crippen molar-refractivity contribution in [3.63, 3.8) is 0 Å². The molecule has 1 aliphatic rings. The lowest BCUT2D eigenvalue weighted by atomic mass is 9.94. The molecule has 1 aromatic carbocycles. The summed E-state index contributed by atoms with van der Waals surface area (Å²) in [6.45, 7) is 4.14. The zero-order valence-electron chi connectivity index (χ0n) is 11.5. The Labute approximate surface area is 117 Å². The van der Waals surface area contributed by atoms with Crippen molar-refractivity contribution in [3.05, 3.63) is 42.6 Å². The lowest BCUT2D eigenvalue weighted by Crippen LogP contribution is -2.34. The molecule has 1 heterocycles. The van der Waals surface area contributed by atoms with Gasteiger partial charge in [-0.15, -0.1) is 6.58 Å². The molecule has 1 fully saturated rings. The number of nitrogens with one attached hydrogen (secondary N) is 2. The average molecular weight is 270 g/mol. The lowest BCUT2D eigenvalue weighted by Gasteiger charge is -2.14. The minimum atomic E-state index is -0.381. The third-order valence-corrected chi connectivity index (χ3v) is 4.00. The van der Waals surface area contributed by atoms with Gasteiger partial charge in [-0.25, -0.2) is 0 Å². The summed E-state index contributed by atoms with van der Waals surface area (Å²) in [6.07, 6.45) is 5.43. The maximum Gasteiger partial charge on any atom is 0.230 e. The van der Waals surface area contributed by atoms with Crippen LogP contribution in [-0.4, -0.2) is 24.5 Å². The second kappa shape index (κ2) is 4.71. The van der Waals surface area contributed by atoms with E-state index in [9.17, 15) is 4.79 Å². The fourth-order valence-corrected chi connectivity index (χ4v) is 2.70. The van der Waals surface area contributed by atoms with Crippen molar-refractivity contribution in [2.24, 2.45) is 0 Å². The van der Waals surface area contributed by atoms with Crippen molar-refractivity contribution in [2.75, 3.05) is 13.7 Å². The molecule has 0 bridgehead atoms. The number of carbonyl (C=O) groups excluding carboxylic acids is 1. The van der Waals surface area contributed by atoms with Crippen LogP contribution in [0.2, 0.25) is 0 Å². The Hall–Kier alpha value is -2.23. The molecule has 104 valence electrons. The van der Waals surface area contributed by atoms with Gasteiger partial charge in [-0.05, 0) is 36.6 Å². The van der Waals surface area contributed by atoms with E-state index in [1.54, 1.807) is 13.2 Å². The molecule has 0 unspecified atom stereocenters. The highest BCUT2D eigenvalue weighted by Gasteiger charge is 2.52. The molecule has 0 atom stereocenters. The fourth-order valence-electron chi connectivity index (χ4n) is 2.70. The third-order valence-electron chi connectivity index (χ3n) is 4.00. The molecule has 1 aromatic heterocycles. The number of rotatable bonds is 5. The first kappa shape index (κ1) is 12.8. The largest absolute Gasteiger partial charge is 0.497 e. The quantitative estimate of drug-likeness (QED) is 0.820. The van der Waals surface area contributed by atoms with Crippen molar-refractivity contribution >= 4 is 16.8 Å². The van der Waals surface area contributed by atoms with Crippen LogP contribution < -0.4 is 10.1 Å². The molecule has 2 aromatic rings. The third kappa shape index (κ3) is 1.88. The Morgan fingerprint density at radius 2 is 2.35 bits per heavy atom. The van der Waals surface area contributed by atoms with E-state index in [1.807, 2.05) is 24.4 Å². The molecule has 1 saturated carbocycles. The summed E-state index contributed by atoms with van der Waals surface area (Å²) in [5.74, 6) is 0.891. The van der Waals surface area contributed by atoms with Gasteiger partial charge in [0.05, 0.1) is 12.5 Å². The van der Waals surface area contributed by atoms with E-state index in [2.05, 4.69) is 16.9 Å². The predicted molar refractivity (Wildman–Crippen MR) is 79.0 cm³/mol. The number of ether oxygens (including phenoxy) is 1. The monoisotopic (exact) mass is 270 g/mol. The zero-order chi connectivity index (χ0) is 14.2. The SMILES string of the molecule is C=CCNC(=O)C1(c2c[nH]c3ccc(OC)cc23)CC1. The molecule has 3 rings (SSSR count). The van der Waals surface area contributed by atoms with Crippen LogP contribution in [0.25, 0.3) is 10.9 Å². The van der Waals surface area contributed by atoms with Crippen LogP contribution in [0.5, 0.6) is 5.75 Å². The van der Waals surface area contributed by atoms with Gasteiger partial charge in [-0.3, -0.25) is 4.79 Å². The molecule has 1 aliphatic carbocycles. The van der Waals surface area contributed by atoms with Crippen molar-refractivity contribution in [1.29, 1.82) is 0 Å². The van der Waals surface area contributed by atoms with Gasteiger partial charge in [-0.2, -0.15) is 0 Å². The molecule has 0 spiro atoms. The number of benzene rings is 1. The number of H-pyrrole nitrogens is 1. The summed E-state index contributed by atoms with van der Waals surface area (Å²) in [6, 6.07) is 5.89. The molecular weight excluding hydrogens is 252 g/mol. The standard InChI is InChI=1S/C16H18N2O2/c1-3-8-17-15(19)16(6-7-16)13-10-18-14-5-4-11(20-2)9-12(13)14/h3-5,9-10,18H,1,6-8H2,2H3,(H,17,19). The maximum atomic E-state index is 12.4. The topological polar surface area (TPSA) is 54.1 Å². The second-order valence-electron chi connectivity index (χ2n) is 5.19. The van der Waals surface area contributed by atoms with Crippen molar-refractivity contribution in [3.8, 4) is 5.75 Å². The van der Waals surface area contributed by atoms with Crippen LogP contribution in [0.3, 0.4) is 0 Å². The highest BCUT2D eigenvalue weighted by molar-refractivity contribution is 5.98. The van der Waals surface area contributed by atoms with Crippen molar-refractivity contribution < 1.29 is 9.53 Å². The highest BCUT2D eigenvalue weighted by atomic mass is 16.5. The average Bonchev–Trinajstić information content (AvgIpc) is 3.18. The fraction of sp³-hybridized carbons (Fsp3) is 0.312. The molecule has 0 aliphatic heterocycles. The smallest absolute Gasteiger partial charge is 0.230 e. The van der Waals surface area contributed by atoms with Gasteiger partial charge in [0.1, 0.15) is 5.75 Å². The molecule has 20 heavy (non-hydrogen) atoms. The summed E-state index contributed by atoms with van der Waals surface area (Å²) >= 11 is 0. The van der Waals surface area contributed by atoms with Crippen LogP contribution in [0.1, 0.15) is 18.4 Å². The first-order valence-corrected chi connectivity index (χ1v) is 6.76. The van der Waals surface area contributed by atoms with Crippen molar-refractivity contribution in [1.82, 2.24) is 10.3 Å². The minimum absolute atomic E-state index is 0.0844. The zero-order valence-corrected chi connectivity index (χ0v) is 11.5. The molecule has 2 N–H and O–H groups in total. The Balaban J connectivity index is 2.01. The predicted octanol–water partition coefficient (Wildman–Crippen LogP) is 2.51. The van der Waals surface area contributed by atoms with E-state index < -0.39 is 0 Å². The second-order valence-corrected chi connectivity index (χ2v) is 5.19. The minimum Gasteiger partial charge on any atom is -0.497 e. The van der Waals surface area contributed by atoms with E-state index in [1.165, 1.54) is 0 Å². The highest BCUT2D eigenvalue weighted by Crippen LogP contribution is 2.50. The number of fused-ring (bicyclic) bond motifs is 1. The molecule has 1 amide bonds. The Morgan fingerprint density at radius 3 is 3.00 bits per heavy atom. The molecular formula is C16H18N2O2. The molecule has 0 radical (unpaired) electrons. The Bertz CT molecular complexity index is 668. The number of aromatic amines is 1. The summed E-state index contributed by atoms with van der Waals surface area (Å²) in [5, 5.41) is 3.98. The van der Waals surface area contributed by atoms with Crippen LogP contribution in [0.4, 0.5) is 0 Å². The molecule has 4 heteroatoms. The first-order valence-electron chi connectivity index (χ1n) is 6.76. The van der Waals surface area contributed by atoms with Crippen LogP contribution in [-0.2, 0) is 10.2 Å². The van der Waals surface area contributed by atoms with Crippen LogP contribution in [0, 0.1) is 0 Å². The van der Waals surface area contributed by atoms with E-state index in [0.29, 0.717) is 6.54 Å². The summed E-state index contributed by atoms with van der Waals surface area (Å²) in [4.78, 5) is 15.6. The lowest BCUT2D eigenvalue weighted by molar-refractivity contribution is -0.123. The Kier molecular flexibility index (Phi) is 3.01. The Morgan fingerprint density at radius 1 is 1.55 bits per heavy atom. The van der Waals surface area contributed by atoms with Crippen molar-refractivity contribution in [2.45, 2.75) is 18.3 Å². The van der Waals surface area contributed by atoms with Gasteiger partial charge in [-0.1, -0.05) is 6.08 Å². The van der Waals surface area contributed by atoms with Gasteiger partial charge in [0, 0.05) is 23.6 Å². The van der Waals surface area contributed by atoms with Gasteiger partial charge in [0.25, 0.3) is 0 Å². The number of carbonyl (C=O) groups is 1. The van der Waals surface area contributed by atoms with Crippen LogP contribution in [0.15, 0.2) is 37.1 Å². The first-order chi connectivity index (χ1) is 9.71. The molecule has 4 nitrogen and oxygen atoms in total. The summed E-state index contributed by atoms with van der Waals surface area (Å²) in [5.41, 5.74) is 1.71. The van der Waals surface area contributed by atoms with Crippen LogP contribution >= 0.6 is 0 Å². The van der Waals surface area contributed by atoms with E-state index in [4.69, 9.17) is 4.74 Å². The number of methoxy groups -OCH3 is 1. The van der Waals surface area contributed by atoms with Gasteiger partial charge in [0.15, 0.2) is 0 Å². The van der Waals surface area contributed by atoms with Gasteiger partial charge >= 0.3 is 0 Å². The number of aromatic nitrogens is 1. The van der Waals surface area contributed by atoms with Gasteiger partial charge < -0.3 is 15.0 Å². The normalized spacial score (nSPS) is 15.8. The van der Waals surface area contributed by atoms with E-state index >= 15 is 0 Å². The number of hydrogen-bond donors (Lipinski definition) is 2. The summed E-state index contributed by atoms with van der Waals surface area (Å²) in [7, 11) is 1.65. The van der Waals surface area contributed by atoms with E-state index in [0.717, 1.165) is 35.1 Å². The summed E-state index contributed by atoms with van der Waals surface area (Å²) < 4.78 is 5.28. The molecule has 0 saturated heterocycles. The van der Waals surface area contributed by atoms with E-state index in [-0.39, 0.29) is 11.3 Å². The maximum absolute atomic E-state index is 12.4. The van der Waals surface area contributed by atoms with Gasteiger partial charge in [0.2, 0.25) is 5.91 Å².